The molecule has 0 bridgehead atoms. The predicted molar refractivity (Wildman–Crippen MR) is 84.1 cm³/mol. The van der Waals surface area contributed by atoms with E-state index in [4.69, 9.17) is 17.3 Å². The quantitative estimate of drug-likeness (QED) is 0.840. The maximum Gasteiger partial charge on any atom is 0.253 e. The first-order valence-corrected chi connectivity index (χ1v) is 7.25. The Morgan fingerprint density at radius 3 is 2.58 bits per heavy atom. The van der Waals surface area contributed by atoms with E-state index in [0.717, 1.165) is 30.2 Å². The second-order valence-corrected chi connectivity index (χ2v) is 5.92. The number of benzene rings is 1. The molecule has 0 saturated heterocycles. The molecule has 1 amide bonds. The van der Waals surface area contributed by atoms with E-state index in [9.17, 15) is 4.79 Å². The number of hydrogen-bond donors (Lipinski definition) is 2. The Bertz CT molecular complexity index is 448. The van der Waals surface area contributed by atoms with Gasteiger partial charge in [0.1, 0.15) is 0 Å². The lowest BCUT2D eigenvalue weighted by Crippen LogP contribution is -2.40. The van der Waals surface area contributed by atoms with E-state index < -0.39 is 0 Å². The number of hydrogen-bond acceptors (Lipinski definition) is 2. The number of nitrogens with one attached hydrogen (secondary N) is 1. The smallest absolute Gasteiger partial charge is 0.253 e. The minimum Gasteiger partial charge on any atom is -0.349 e. The monoisotopic (exact) mass is 366 g/mol. The minimum absolute atomic E-state index is 0. The van der Waals surface area contributed by atoms with Crippen molar-refractivity contribution in [3.63, 3.8) is 0 Å². The molecule has 1 fully saturated rings. The Morgan fingerprint density at radius 1 is 1.32 bits per heavy atom. The van der Waals surface area contributed by atoms with Gasteiger partial charge in [-0.3, -0.25) is 4.79 Å². The van der Waals surface area contributed by atoms with Crippen LogP contribution in [-0.2, 0) is 0 Å². The van der Waals surface area contributed by atoms with Gasteiger partial charge in [-0.25, -0.2) is 0 Å². The molecular weight excluding hydrogens is 351 g/mol. The van der Waals surface area contributed by atoms with Crippen LogP contribution in [0.1, 0.15) is 36.0 Å². The number of rotatable bonds is 2. The number of carbonyl (C=O) groups is 1. The first-order chi connectivity index (χ1) is 8.58. The summed E-state index contributed by atoms with van der Waals surface area (Å²) in [7, 11) is 0. The summed E-state index contributed by atoms with van der Waals surface area (Å²) in [5, 5.41) is 3.48. The van der Waals surface area contributed by atoms with E-state index in [-0.39, 0.29) is 30.4 Å². The molecule has 19 heavy (non-hydrogen) atoms. The molecule has 0 unspecified atom stereocenters. The zero-order chi connectivity index (χ0) is 13.1. The van der Waals surface area contributed by atoms with Gasteiger partial charge < -0.3 is 11.1 Å². The first kappa shape index (κ1) is 16.8. The van der Waals surface area contributed by atoms with Crippen molar-refractivity contribution < 1.29 is 4.79 Å². The molecule has 0 radical (unpaired) electrons. The number of nitrogens with two attached hydrogens (primary N) is 1. The molecule has 106 valence electrons. The van der Waals surface area contributed by atoms with E-state index >= 15 is 0 Å². The Kier molecular flexibility index (Phi) is 6.60. The topological polar surface area (TPSA) is 55.1 Å². The van der Waals surface area contributed by atoms with Gasteiger partial charge in [-0.2, -0.15) is 0 Å². The van der Waals surface area contributed by atoms with Gasteiger partial charge in [-0.15, -0.1) is 12.4 Å². The Balaban J connectivity index is 0.00000180. The molecule has 3 nitrogen and oxygen atoms in total. The minimum atomic E-state index is -0.109. The highest BCUT2D eigenvalue weighted by Crippen LogP contribution is 2.26. The summed E-state index contributed by atoms with van der Waals surface area (Å²) in [6.45, 7) is 0. The summed E-state index contributed by atoms with van der Waals surface area (Å²) in [4.78, 5) is 12.1. The van der Waals surface area contributed by atoms with Crippen LogP contribution in [0.2, 0.25) is 5.02 Å². The van der Waals surface area contributed by atoms with Crippen LogP contribution in [0, 0.1) is 0 Å². The van der Waals surface area contributed by atoms with Gasteiger partial charge in [0, 0.05) is 16.6 Å². The average Bonchev–Trinajstić information content (AvgIpc) is 2.35. The highest BCUT2D eigenvalue weighted by Gasteiger charge is 2.21. The maximum absolute atomic E-state index is 12.1. The van der Waals surface area contributed by atoms with Crippen LogP contribution in [0.4, 0.5) is 0 Å². The molecule has 0 heterocycles. The Labute approximate surface area is 132 Å². The van der Waals surface area contributed by atoms with Crippen molar-refractivity contribution in [2.75, 3.05) is 0 Å². The molecular formula is C13H17BrCl2N2O. The fraction of sp³-hybridized carbons (Fsp3) is 0.462. The molecule has 0 aromatic heterocycles. The van der Waals surface area contributed by atoms with Crippen LogP contribution < -0.4 is 11.1 Å². The number of halogens is 3. The fourth-order valence-electron chi connectivity index (χ4n) is 2.21. The fourth-order valence-corrected chi connectivity index (χ4v) is 2.78. The molecule has 1 aromatic carbocycles. The third-order valence-electron chi connectivity index (χ3n) is 3.30. The van der Waals surface area contributed by atoms with Crippen LogP contribution in [0.15, 0.2) is 22.7 Å². The van der Waals surface area contributed by atoms with Crippen molar-refractivity contribution in [3.8, 4) is 0 Å². The van der Waals surface area contributed by atoms with Gasteiger partial charge in [0.15, 0.2) is 0 Å². The summed E-state index contributed by atoms with van der Waals surface area (Å²) in [6.07, 6.45) is 3.82. The highest BCUT2D eigenvalue weighted by atomic mass is 79.9. The van der Waals surface area contributed by atoms with Gasteiger partial charge in [0.25, 0.3) is 5.91 Å². The van der Waals surface area contributed by atoms with Crippen LogP contribution in [0.25, 0.3) is 0 Å². The second-order valence-electron chi connectivity index (χ2n) is 4.69. The van der Waals surface area contributed by atoms with Gasteiger partial charge in [-0.1, -0.05) is 17.7 Å². The van der Waals surface area contributed by atoms with E-state index in [1.807, 2.05) is 12.1 Å². The zero-order valence-electron chi connectivity index (χ0n) is 10.4. The number of amides is 1. The van der Waals surface area contributed by atoms with Crippen molar-refractivity contribution in [2.45, 2.75) is 37.8 Å². The van der Waals surface area contributed by atoms with E-state index in [1.54, 1.807) is 6.07 Å². The molecule has 3 N–H and O–H groups in total. The number of carbonyl (C=O) groups excluding carboxylic acids is 1. The van der Waals surface area contributed by atoms with Crippen molar-refractivity contribution in [1.29, 1.82) is 0 Å². The lowest BCUT2D eigenvalue weighted by atomic mass is 9.91. The summed E-state index contributed by atoms with van der Waals surface area (Å²) in [6, 6.07) is 5.86. The standard InChI is InChI=1S/C13H16BrClN2O.ClH/c14-11-3-1-2-10(12(11)15)13(18)17-9-6-4-8(16)5-7-9;/h1-3,8-9H,4-7,16H2,(H,17,18);1H. The van der Waals surface area contributed by atoms with Gasteiger partial charge >= 0.3 is 0 Å². The molecule has 6 heteroatoms. The first-order valence-electron chi connectivity index (χ1n) is 6.08. The summed E-state index contributed by atoms with van der Waals surface area (Å²) in [5.74, 6) is -0.109. The van der Waals surface area contributed by atoms with Crippen molar-refractivity contribution in [2.24, 2.45) is 5.73 Å². The zero-order valence-corrected chi connectivity index (χ0v) is 13.5. The molecule has 1 aromatic rings. The SMILES string of the molecule is Cl.NC1CCC(NC(=O)c2cccc(Br)c2Cl)CC1. The average molecular weight is 368 g/mol. The van der Waals surface area contributed by atoms with E-state index in [0.29, 0.717) is 10.6 Å². The maximum atomic E-state index is 12.1. The van der Waals surface area contributed by atoms with Crippen LogP contribution in [-0.4, -0.2) is 18.0 Å². The van der Waals surface area contributed by atoms with Crippen molar-refractivity contribution >= 4 is 45.8 Å². The molecule has 0 aliphatic heterocycles. The molecule has 1 aliphatic rings. The summed E-state index contributed by atoms with van der Waals surface area (Å²) < 4.78 is 0.738. The van der Waals surface area contributed by atoms with Gasteiger partial charge in [-0.05, 0) is 53.7 Å². The third-order valence-corrected chi connectivity index (χ3v) is 4.60. The largest absolute Gasteiger partial charge is 0.349 e. The highest BCUT2D eigenvalue weighted by molar-refractivity contribution is 9.10. The van der Waals surface area contributed by atoms with Crippen molar-refractivity contribution in [1.82, 2.24) is 5.32 Å². The molecule has 1 saturated carbocycles. The molecule has 0 atom stereocenters. The third kappa shape index (κ3) is 4.35. The molecule has 0 spiro atoms. The second kappa shape index (κ2) is 7.48. The summed E-state index contributed by atoms with van der Waals surface area (Å²) >= 11 is 9.42. The molecule has 2 rings (SSSR count). The van der Waals surface area contributed by atoms with Gasteiger partial charge in [0.05, 0.1) is 10.6 Å². The molecule has 1 aliphatic carbocycles. The predicted octanol–water partition coefficient (Wildman–Crippen LogP) is 3.52. The van der Waals surface area contributed by atoms with E-state index in [1.165, 1.54) is 0 Å². The Morgan fingerprint density at radius 2 is 1.95 bits per heavy atom. The van der Waals surface area contributed by atoms with E-state index in [2.05, 4.69) is 21.2 Å². The van der Waals surface area contributed by atoms with Crippen LogP contribution >= 0.6 is 39.9 Å². The normalized spacial score (nSPS) is 22.5. The van der Waals surface area contributed by atoms with Gasteiger partial charge in [0.2, 0.25) is 0 Å². The lowest BCUT2D eigenvalue weighted by Gasteiger charge is -2.26. The van der Waals surface area contributed by atoms with Crippen molar-refractivity contribution in [3.05, 3.63) is 33.3 Å². The van der Waals surface area contributed by atoms with Crippen LogP contribution in [0.3, 0.4) is 0 Å². The Hall–Kier alpha value is -0.290. The van der Waals surface area contributed by atoms with Crippen LogP contribution in [0.5, 0.6) is 0 Å². The lowest BCUT2D eigenvalue weighted by molar-refractivity contribution is 0.0926. The summed E-state index contributed by atoms with van der Waals surface area (Å²) in [5.41, 5.74) is 6.36.